The van der Waals surface area contributed by atoms with Crippen molar-refractivity contribution in [2.75, 3.05) is 51.3 Å². The van der Waals surface area contributed by atoms with Crippen LogP contribution in [0.5, 0.6) is 5.75 Å². The number of nitrogens with zero attached hydrogens (tertiary/aromatic N) is 4. The normalized spacial score (nSPS) is 18.5. The van der Waals surface area contributed by atoms with Crippen molar-refractivity contribution in [3.8, 4) is 5.75 Å². The third-order valence-electron chi connectivity index (χ3n) is 8.51. The molecule has 262 valence electrons. The minimum Gasteiger partial charge on any atom is -0.493 e. The summed E-state index contributed by atoms with van der Waals surface area (Å²) in [6, 6.07) is 20.2. The maximum absolute atomic E-state index is 14.8. The van der Waals surface area contributed by atoms with Gasteiger partial charge in [0.25, 0.3) is 0 Å². The second kappa shape index (κ2) is 16.3. The molecule has 2 atom stereocenters. The quantitative estimate of drug-likeness (QED) is 0.234. The first-order valence-corrected chi connectivity index (χ1v) is 18.4. The summed E-state index contributed by atoms with van der Waals surface area (Å²) in [5, 5.41) is 1.22. The number of halogens is 3. The molecule has 2 aliphatic heterocycles. The van der Waals surface area contributed by atoms with Crippen LogP contribution in [0.4, 0.5) is 4.79 Å². The van der Waals surface area contributed by atoms with Gasteiger partial charge in [-0.1, -0.05) is 81.7 Å². The van der Waals surface area contributed by atoms with Gasteiger partial charge in [0.1, 0.15) is 27.5 Å². The van der Waals surface area contributed by atoms with Gasteiger partial charge in [0.2, 0.25) is 0 Å². The van der Waals surface area contributed by atoms with E-state index >= 15 is 0 Å². The maximum Gasteiger partial charge on any atom is 0.326 e. The fraction of sp³-hybridized carbons (Fsp3) is 0.444. The highest BCUT2D eigenvalue weighted by Gasteiger charge is 2.45. The number of ether oxygens (including phenoxy) is 1. The van der Waals surface area contributed by atoms with Crippen LogP contribution in [-0.2, 0) is 15.3 Å². The molecule has 5 rings (SSSR count). The highest BCUT2D eigenvalue weighted by atomic mass is 35.5. The lowest BCUT2D eigenvalue weighted by atomic mass is 9.86. The Bertz CT molecular complexity index is 1690. The molecule has 0 unspecified atom stereocenters. The van der Waals surface area contributed by atoms with Crippen molar-refractivity contribution in [3.63, 3.8) is 0 Å². The minimum atomic E-state index is -3.08. The second-order valence-electron chi connectivity index (χ2n) is 13.0. The van der Waals surface area contributed by atoms with Gasteiger partial charge in [0.05, 0.1) is 24.0 Å². The molecule has 0 saturated carbocycles. The number of hydrogen-bond donors (Lipinski definition) is 0. The van der Waals surface area contributed by atoms with E-state index in [4.69, 9.17) is 32.9 Å². The topological polar surface area (TPSA) is 82.5 Å². The first-order chi connectivity index (χ1) is 21.7. The Morgan fingerprint density at radius 3 is 2.00 bits per heavy atom. The van der Waals surface area contributed by atoms with Gasteiger partial charge in [0, 0.05) is 49.0 Å². The molecule has 12 heteroatoms. The van der Waals surface area contributed by atoms with E-state index in [1.54, 1.807) is 0 Å². The zero-order valence-corrected chi connectivity index (χ0v) is 30.6. The third-order valence-corrected chi connectivity index (χ3v) is 9.93. The zero-order valence-electron chi connectivity index (χ0n) is 27.4. The molecule has 1 saturated heterocycles. The number of amides is 2. The monoisotopic (exact) mass is 736 g/mol. The molecule has 48 heavy (non-hydrogen) atoms. The van der Waals surface area contributed by atoms with E-state index in [1.165, 1.54) is 6.26 Å². The molecule has 0 N–H and O–H groups in total. The van der Waals surface area contributed by atoms with Crippen LogP contribution in [0.3, 0.4) is 0 Å². The van der Waals surface area contributed by atoms with Crippen molar-refractivity contribution >= 4 is 57.3 Å². The molecule has 0 radical (unpaired) electrons. The third kappa shape index (κ3) is 9.24. The Hall–Kier alpha value is -2.82. The van der Waals surface area contributed by atoms with Crippen molar-refractivity contribution in [2.24, 2.45) is 4.99 Å². The molecule has 3 aromatic rings. The fourth-order valence-electron chi connectivity index (χ4n) is 5.91. The first kappa shape index (κ1) is 39.6. The molecule has 2 aliphatic rings. The van der Waals surface area contributed by atoms with Crippen LogP contribution in [0.25, 0.3) is 0 Å². The molecule has 0 aromatic heterocycles. The summed E-state index contributed by atoms with van der Waals surface area (Å²) in [4.78, 5) is 25.8. The Balaban J connectivity index is 0.00000312. The van der Waals surface area contributed by atoms with Crippen molar-refractivity contribution in [2.45, 2.75) is 52.6 Å². The van der Waals surface area contributed by atoms with Gasteiger partial charge in [0.15, 0.2) is 0 Å². The van der Waals surface area contributed by atoms with Crippen LogP contribution >= 0.6 is 35.6 Å². The lowest BCUT2D eigenvalue weighted by Gasteiger charge is -2.39. The van der Waals surface area contributed by atoms with Gasteiger partial charge < -0.3 is 9.64 Å². The predicted octanol–water partition coefficient (Wildman–Crippen LogP) is 8.07. The highest BCUT2D eigenvalue weighted by molar-refractivity contribution is 7.90. The van der Waals surface area contributed by atoms with Gasteiger partial charge in [-0.2, -0.15) is 0 Å². The molecule has 8 nitrogen and oxygen atoms in total. The molecule has 2 amide bonds. The van der Waals surface area contributed by atoms with Crippen LogP contribution in [0, 0.1) is 0 Å². The van der Waals surface area contributed by atoms with E-state index in [1.807, 2.05) is 71.3 Å². The average molecular weight is 738 g/mol. The Morgan fingerprint density at radius 1 is 0.917 bits per heavy atom. The summed E-state index contributed by atoms with van der Waals surface area (Å²) in [7, 11) is -3.08. The van der Waals surface area contributed by atoms with Crippen molar-refractivity contribution in [1.82, 2.24) is 14.7 Å². The van der Waals surface area contributed by atoms with E-state index in [2.05, 4.69) is 37.8 Å². The molecule has 0 aliphatic carbocycles. The van der Waals surface area contributed by atoms with Crippen LogP contribution in [-0.4, -0.2) is 86.3 Å². The number of piperazine rings is 1. The van der Waals surface area contributed by atoms with E-state index in [0.29, 0.717) is 61.0 Å². The standard InChI is InChI=1S/C35H42Cl2N4O4S.CH4.ClH/c1-6-45-30-23-26(35(2,3)4)11-16-29(30)33-38-31(24-7-12-27(36)13-8-24)32(25-9-14-28(37)15-10-25)41(33)34(42)40-19-17-39(18-20-40)21-22-46(5,43)44;;/h7-16,23,31-32H,6,17-22H2,1-5H3;1H4;1H/t31-,32+;;/m0../s1. The smallest absolute Gasteiger partial charge is 0.326 e. The summed E-state index contributed by atoms with van der Waals surface area (Å²) in [5.74, 6) is 1.30. The summed E-state index contributed by atoms with van der Waals surface area (Å²) in [6.45, 7) is 11.4. The number of carbonyl (C=O) groups excluding carboxylic acids is 1. The predicted molar refractivity (Wildman–Crippen MR) is 200 cm³/mol. The van der Waals surface area contributed by atoms with Crippen molar-refractivity contribution < 1.29 is 17.9 Å². The van der Waals surface area contributed by atoms with Crippen LogP contribution in [0.2, 0.25) is 10.0 Å². The number of amidine groups is 1. The van der Waals surface area contributed by atoms with Gasteiger partial charge in [-0.15, -0.1) is 12.4 Å². The van der Waals surface area contributed by atoms with Gasteiger partial charge >= 0.3 is 6.03 Å². The van der Waals surface area contributed by atoms with Crippen LogP contribution in [0.15, 0.2) is 71.7 Å². The molecular weight excluding hydrogens is 691 g/mol. The number of urea groups is 1. The number of hydrogen-bond acceptors (Lipinski definition) is 6. The largest absolute Gasteiger partial charge is 0.493 e. The summed E-state index contributed by atoms with van der Waals surface area (Å²) in [5.41, 5.74) is 3.57. The molecule has 0 spiro atoms. The Morgan fingerprint density at radius 2 is 1.48 bits per heavy atom. The fourth-order valence-corrected chi connectivity index (χ4v) is 6.75. The van der Waals surface area contributed by atoms with Gasteiger partial charge in [-0.25, -0.2) is 13.2 Å². The molecular formula is C36H47Cl3N4O4S. The van der Waals surface area contributed by atoms with Crippen LogP contribution < -0.4 is 4.74 Å². The number of carbonyl (C=O) groups is 1. The lowest BCUT2D eigenvalue weighted by Crippen LogP contribution is -2.54. The minimum absolute atomic E-state index is 0. The van der Waals surface area contributed by atoms with E-state index in [-0.39, 0.29) is 37.0 Å². The number of aliphatic imine (C=N–C) groups is 1. The summed E-state index contributed by atoms with van der Waals surface area (Å²) >= 11 is 12.6. The Labute approximate surface area is 302 Å². The lowest BCUT2D eigenvalue weighted by molar-refractivity contribution is 0.122. The molecule has 3 aromatic carbocycles. The van der Waals surface area contributed by atoms with E-state index in [9.17, 15) is 13.2 Å². The van der Waals surface area contributed by atoms with E-state index < -0.39 is 21.9 Å². The SMILES string of the molecule is C.CCOc1cc(C(C)(C)C)ccc1C1=N[C@@H](c2ccc(Cl)cc2)[C@@H](c2ccc(Cl)cc2)N1C(=O)N1CCN(CCS(C)(=O)=O)CC1.Cl. The van der Waals surface area contributed by atoms with Gasteiger partial charge in [-0.3, -0.25) is 14.8 Å². The Kier molecular flexibility index (Phi) is 13.4. The number of benzene rings is 3. The molecule has 1 fully saturated rings. The van der Waals surface area contributed by atoms with Crippen molar-refractivity contribution in [3.05, 3.63) is 99.0 Å². The molecule has 2 heterocycles. The summed E-state index contributed by atoms with van der Waals surface area (Å²) in [6.07, 6.45) is 1.25. The number of rotatable bonds is 8. The maximum atomic E-state index is 14.8. The zero-order chi connectivity index (χ0) is 33.2. The van der Waals surface area contributed by atoms with E-state index in [0.717, 1.165) is 22.3 Å². The molecule has 0 bridgehead atoms. The number of sulfone groups is 1. The van der Waals surface area contributed by atoms with Crippen LogP contribution in [0.1, 0.15) is 69.5 Å². The van der Waals surface area contributed by atoms with Gasteiger partial charge in [-0.05, 0) is 65.4 Å². The highest BCUT2D eigenvalue weighted by Crippen LogP contribution is 2.46. The summed E-state index contributed by atoms with van der Waals surface area (Å²) < 4.78 is 29.7. The first-order valence-electron chi connectivity index (χ1n) is 15.6. The second-order valence-corrected chi connectivity index (χ2v) is 16.1. The average Bonchev–Trinajstić information content (AvgIpc) is 3.40. The van der Waals surface area contributed by atoms with Crippen molar-refractivity contribution in [1.29, 1.82) is 0 Å².